The third kappa shape index (κ3) is 4.95. The van der Waals surface area contributed by atoms with Gasteiger partial charge in [-0.15, -0.1) is 0 Å². The van der Waals surface area contributed by atoms with Crippen LogP contribution in [-0.4, -0.2) is 31.7 Å². The molecule has 2 heterocycles. The summed E-state index contributed by atoms with van der Waals surface area (Å²) < 4.78 is 19.3. The Labute approximate surface area is 195 Å². The number of carbonyl (C=O) groups excluding carboxylic acids is 1. The van der Waals surface area contributed by atoms with Crippen molar-refractivity contribution in [2.45, 2.75) is 51.7 Å². The van der Waals surface area contributed by atoms with Crippen LogP contribution in [0.5, 0.6) is 0 Å². The van der Waals surface area contributed by atoms with E-state index in [1.807, 2.05) is 18.2 Å². The standard InChI is InChI=1S/C27H32FN3O2/c1-26(2,3)24-15-20(10-13-33-24)25(32)31-27(11-12-30-17-27)23-9-6-19(14-21(23)16-29)18-4-7-22(28)8-5-18/h4-9,14,20,24,30H,10-13,15,17H2,1-3H3,(H,31,32)/t20?,24?,27-/m1/s1. The zero-order chi connectivity index (χ0) is 23.6. The van der Waals surface area contributed by atoms with Crippen molar-refractivity contribution in [2.24, 2.45) is 11.3 Å². The Balaban J connectivity index is 1.60. The SMILES string of the molecule is CC(C)(C)C1CC(C(=O)N[C@]2(c3ccc(-c4ccc(F)cc4)cc3C#N)CCNC2)CCO1. The van der Waals surface area contributed by atoms with Crippen LogP contribution in [0.15, 0.2) is 42.5 Å². The van der Waals surface area contributed by atoms with Gasteiger partial charge in [-0.3, -0.25) is 4.79 Å². The number of hydrogen-bond donors (Lipinski definition) is 2. The van der Waals surface area contributed by atoms with Crippen molar-refractivity contribution in [2.75, 3.05) is 19.7 Å². The van der Waals surface area contributed by atoms with Crippen molar-refractivity contribution in [3.63, 3.8) is 0 Å². The number of amides is 1. The second-order valence-corrected chi connectivity index (χ2v) is 10.3. The van der Waals surface area contributed by atoms with E-state index < -0.39 is 5.54 Å². The van der Waals surface area contributed by atoms with Gasteiger partial charge in [0.15, 0.2) is 0 Å². The fraction of sp³-hybridized carbons (Fsp3) is 0.481. The molecule has 2 unspecified atom stereocenters. The predicted molar refractivity (Wildman–Crippen MR) is 126 cm³/mol. The highest BCUT2D eigenvalue weighted by atomic mass is 19.1. The van der Waals surface area contributed by atoms with Crippen LogP contribution in [0.4, 0.5) is 4.39 Å². The van der Waals surface area contributed by atoms with Crippen LogP contribution in [0, 0.1) is 28.5 Å². The Morgan fingerprint density at radius 1 is 1.21 bits per heavy atom. The molecule has 0 saturated carbocycles. The van der Waals surface area contributed by atoms with Crippen molar-refractivity contribution in [3.8, 4) is 17.2 Å². The lowest BCUT2D eigenvalue weighted by Gasteiger charge is -2.39. The number of nitriles is 1. The van der Waals surface area contributed by atoms with E-state index in [2.05, 4.69) is 37.5 Å². The molecule has 1 amide bonds. The average molecular weight is 450 g/mol. The second-order valence-electron chi connectivity index (χ2n) is 10.3. The van der Waals surface area contributed by atoms with E-state index in [9.17, 15) is 14.4 Å². The van der Waals surface area contributed by atoms with Crippen molar-refractivity contribution in [3.05, 3.63) is 59.4 Å². The summed E-state index contributed by atoms with van der Waals surface area (Å²) in [5.41, 5.74) is 2.40. The molecule has 2 aromatic rings. The summed E-state index contributed by atoms with van der Waals surface area (Å²) in [5, 5.41) is 16.7. The highest BCUT2D eigenvalue weighted by Gasteiger charge is 2.42. The molecule has 0 aromatic heterocycles. The summed E-state index contributed by atoms with van der Waals surface area (Å²) in [7, 11) is 0. The van der Waals surface area contributed by atoms with Gasteiger partial charge in [-0.1, -0.05) is 45.0 Å². The molecule has 0 radical (unpaired) electrons. The first-order valence-electron chi connectivity index (χ1n) is 11.7. The van der Waals surface area contributed by atoms with Crippen LogP contribution >= 0.6 is 0 Å². The molecule has 5 nitrogen and oxygen atoms in total. The Kier molecular flexibility index (Phi) is 6.56. The molecule has 33 heavy (non-hydrogen) atoms. The van der Waals surface area contributed by atoms with Gasteiger partial charge in [0.1, 0.15) is 5.82 Å². The normalized spacial score (nSPS) is 25.4. The Morgan fingerprint density at radius 3 is 2.58 bits per heavy atom. The van der Waals surface area contributed by atoms with Crippen LogP contribution < -0.4 is 10.6 Å². The third-order valence-electron chi connectivity index (χ3n) is 6.97. The van der Waals surface area contributed by atoms with Crippen molar-refractivity contribution >= 4 is 5.91 Å². The van der Waals surface area contributed by atoms with E-state index >= 15 is 0 Å². The van der Waals surface area contributed by atoms with E-state index in [0.29, 0.717) is 31.6 Å². The van der Waals surface area contributed by atoms with Gasteiger partial charge in [0, 0.05) is 19.1 Å². The number of hydrogen-bond acceptors (Lipinski definition) is 4. The topological polar surface area (TPSA) is 74.2 Å². The molecular weight excluding hydrogens is 417 g/mol. The summed E-state index contributed by atoms with van der Waals surface area (Å²) in [6.45, 7) is 8.35. The van der Waals surface area contributed by atoms with Crippen molar-refractivity contribution in [1.82, 2.24) is 10.6 Å². The van der Waals surface area contributed by atoms with Crippen LogP contribution in [0.25, 0.3) is 11.1 Å². The molecule has 2 aliphatic rings. The molecule has 4 rings (SSSR count). The zero-order valence-corrected chi connectivity index (χ0v) is 19.6. The zero-order valence-electron chi connectivity index (χ0n) is 19.6. The van der Waals surface area contributed by atoms with E-state index in [-0.39, 0.29) is 29.2 Å². The molecule has 2 N–H and O–H groups in total. The van der Waals surface area contributed by atoms with Crippen molar-refractivity contribution < 1.29 is 13.9 Å². The number of nitrogens with zero attached hydrogens (tertiary/aromatic N) is 1. The van der Waals surface area contributed by atoms with Crippen LogP contribution in [0.2, 0.25) is 0 Å². The van der Waals surface area contributed by atoms with Gasteiger partial charge in [0.05, 0.1) is 23.3 Å². The minimum atomic E-state index is -0.626. The number of rotatable bonds is 4. The maximum atomic E-state index is 13.4. The molecule has 2 fully saturated rings. The minimum Gasteiger partial charge on any atom is -0.378 e. The fourth-order valence-electron chi connectivity index (χ4n) is 4.95. The highest BCUT2D eigenvalue weighted by Crippen LogP contribution is 2.36. The Morgan fingerprint density at radius 2 is 1.94 bits per heavy atom. The number of halogens is 1. The molecular formula is C27H32FN3O2. The summed E-state index contributed by atoms with van der Waals surface area (Å²) in [6.07, 6.45) is 2.17. The molecule has 0 aliphatic carbocycles. The first kappa shape index (κ1) is 23.4. The van der Waals surface area contributed by atoms with E-state index in [4.69, 9.17) is 4.74 Å². The summed E-state index contributed by atoms with van der Waals surface area (Å²) >= 11 is 0. The minimum absolute atomic E-state index is 0.0181. The van der Waals surface area contributed by atoms with E-state index in [1.165, 1.54) is 12.1 Å². The Bertz CT molecular complexity index is 1050. The predicted octanol–water partition coefficient (Wildman–Crippen LogP) is 4.51. The molecule has 2 aliphatic heterocycles. The Hall–Kier alpha value is -2.75. The summed E-state index contributed by atoms with van der Waals surface area (Å²) in [4.78, 5) is 13.4. The lowest BCUT2D eigenvalue weighted by molar-refractivity contribution is -0.135. The lowest BCUT2D eigenvalue weighted by Crippen LogP contribution is -2.51. The van der Waals surface area contributed by atoms with Crippen molar-refractivity contribution in [1.29, 1.82) is 5.26 Å². The van der Waals surface area contributed by atoms with Gasteiger partial charge in [-0.25, -0.2) is 4.39 Å². The maximum absolute atomic E-state index is 13.4. The fourth-order valence-corrected chi connectivity index (χ4v) is 4.95. The first-order chi connectivity index (χ1) is 15.7. The van der Waals surface area contributed by atoms with Gasteiger partial charge < -0.3 is 15.4 Å². The van der Waals surface area contributed by atoms with E-state index in [1.54, 1.807) is 12.1 Å². The summed E-state index contributed by atoms with van der Waals surface area (Å²) in [5.74, 6) is -0.372. The highest BCUT2D eigenvalue weighted by molar-refractivity contribution is 5.80. The van der Waals surface area contributed by atoms with Gasteiger partial charge in [0.2, 0.25) is 5.91 Å². The molecule has 0 spiro atoms. The smallest absolute Gasteiger partial charge is 0.224 e. The number of carbonyl (C=O) groups is 1. The number of benzene rings is 2. The number of ether oxygens (including phenoxy) is 1. The van der Waals surface area contributed by atoms with E-state index in [0.717, 1.165) is 29.7 Å². The maximum Gasteiger partial charge on any atom is 0.224 e. The molecule has 6 heteroatoms. The van der Waals surface area contributed by atoms with Crippen LogP contribution in [0.3, 0.4) is 0 Å². The van der Waals surface area contributed by atoms with Gasteiger partial charge in [-0.05, 0) is 66.1 Å². The van der Waals surface area contributed by atoms with Crippen LogP contribution in [-0.2, 0) is 15.1 Å². The van der Waals surface area contributed by atoms with Gasteiger partial charge in [0.25, 0.3) is 0 Å². The molecule has 2 aromatic carbocycles. The second kappa shape index (κ2) is 9.24. The number of nitrogens with one attached hydrogen (secondary N) is 2. The molecule has 2 saturated heterocycles. The third-order valence-corrected chi connectivity index (χ3v) is 6.97. The molecule has 3 atom stereocenters. The monoisotopic (exact) mass is 449 g/mol. The quantitative estimate of drug-likeness (QED) is 0.720. The van der Waals surface area contributed by atoms with Gasteiger partial charge >= 0.3 is 0 Å². The lowest BCUT2D eigenvalue weighted by atomic mass is 9.79. The van der Waals surface area contributed by atoms with Crippen LogP contribution in [0.1, 0.15) is 51.2 Å². The first-order valence-corrected chi connectivity index (χ1v) is 11.7. The molecule has 0 bridgehead atoms. The average Bonchev–Trinajstić information content (AvgIpc) is 3.28. The van der Waals surface area contributed by atoms with Gasteiger partial charge in [-0.2, -0.15) is 5.26 Å². The summed E-state index contributed by atoms with van der Waals surface area (Å²) in [6, 6.07) is 14.3. The molecule has 174 valence electrons. The largest absolute Gasteiger partial charge is 0.378 e.